The fraction of sp³-hybridized carbons (Fsp3) is 0.238. The van der Waals surface area contributed by atoms with Crippen LogP contribution in [-0.4, -0.2) is 26.2 Å². The SMILES string of the molecule is COc1cc(NC(=O)/C(C#N)=C/c2cc(Cl)ccc2OC(C)C)c(OC)cc1Cl. The summed E-state index contributed by atoms with van der Waals surface area (Å²) >= 11 is 12.1. The van der Waals surface area contributed by atoms with Crippen molar-refractivity contribution in [2.45, 2.75) is 20.0 Å². The number of halogens is 2. The van der Waals surface area contributed by atoms with Gasteiger partial charge in [0.25, 0.3) is 5.91 Å². The third-order valence-electron chi connectivity index (χ3n) is 3.72. The Kier molecular flexibility index (Phi) is 7.77. The monoisotopic (exact) mass is 434 g/mol. The molecule has 0 atom stereocenters. The lowest BCUT2D eigenvalue weighted by molar-refractivity contribution is -0.112. The normalized spacial score (nSPS) is 11.0. The van der Waals surface area contributed by atoms with Crippen molar-refractivity contribution in [1.82, 2.24) is 0 Å². The highest BCUT2D eigenvalue weighted by atomic mass is 35.5. The van der Waals surface area contributed by atoms with E-state index in [1.54, 1.807) is 18.2 Å². The molecule has 0 spiro atoms. The Morgan fingerprint density at radius 2 is 1.79 bits per heavy atom. The predicted octanol–water partition coefficient (Wildman–Crippen LogP) is 5.34. The molecule has 2 aromatic carbocycles. The molecule has 1 N–H and O–H groups in total. The van der Waals surface area contributed by atoms with Gasteiger partial charge < -0.3 is 19.5 Å². The van der Waals surface area contributed by atoms with Crippen molar-refractivity contribution in [3.8, 4) is 23.3 Å². The number of nitriles is 1. The second kappa shape index (κ2) is 10.1. The highest BCUT2D eigenvalue weighted by Crippen LogP contribution is 2.36. The van der Waals surface area contributed by atoms with Crippen LogP contribution in [0.25, 0.3) is 6.08 Å². The van der Waals surface area contributed by atoms with E-state index in [2.05, 4.69) is 5.32 Å². The molecule has 29 heavy (non-hydrogen) atoms. The van der Waals surface area contributed by atoms with E-state index in [4.69, 9.17) is 37.4 Å². The van der Waals surface area contributed by atoms with Crippen LogP contribution in [0.2, 0.25) is 10.0 Å². The number of methoxy groups -OCH3 is 2. The summed E-state index contributed by atoms with van der Waals surface area (Å²) in [5.41, 5.74) is 0.681. The van der Waals surface area contributed by atoms with Crippen molar-refractivity contribution in [1.29, 1.82) is 5.26 Å². The number of rotatable bonds is 7. The topological polar surface area (TPSA) is 80.6 Å². The zero-order valence-electron chi connectivity index (χ0n) is 16.4. The summed E-state index contributed by atoms with van der Waals surface area (Å²) < 4.78 is 16.1. The maximum atomic E-state index is 12.7. The van der Waals surface area contributed by atoms with Crippen LogP contribution in [0, 0.1) is 11.3 Å². The first kappa shape index (κ1) is 22.4. The Morgan fingerprint density at radius 1 is 1.10 bits per heavy atom. The van der Waals surface area contributed by atoms with Crippen LogP contribution in [0.5, 0.6) is 17.2 Å². The van der Waals surface area contributed by atoms with Crippen LogP contribution >= 0.6 is 23.2 Å². The first-order valence-corrected chi connectivity index (χ1v) is 9.35. The fourth-order valence-corrected chi connectivity index (χ4v) is 2.86. The highest BCUT2D eigenvalue weighted by molar-refractivity contribution is 6.32. The summed E-state index contributed by atoms with van der Waals surface area (Å²) in [5.74, 6) is 0.557. The van der Waals surface area contributed by atoms with Crippen molar-refractivity contribution in [2.75, 3.05) is 19.5 Å². The van der Waals surface area contributed by atoms with Crippen molar-refractivity contribution in [3.63, 3.8) is 0 Å². The van der Waals surface area contributed by atoms with Crippen LogP contribution < -0.4 is 19.5 Å². The fourth-order valence-electron chi connectivity index (χ4n) is 2.45. The third kappa shape index (κ3) is 5.80. The average molecular weight is 435 g/mol. The Bertz CT molecular complexity index is 981. The smallest absolute Gasteiger partial charge is 0.266 e. The van der Waals surface area contributed by atoms with Crippen molar-refractivity contribution >= 4 is 40.9 Å². The molecule has 0 fully saturated rings. The lowest BCUT2D eigenvalue weighted by Crippen LogP contribution is -2.14. The van der Waals surface area contributed by atoms with Gasteiger partial charge in [0.15, 0.2) is 0 Å². The number of nitrogens with zero attached hydrogens (tertiary/aromatic N) is 1. The molecule has 0 bridgehead atoms. The molecule has 0 aliphatic rings. The summed E-state index contributed by atoms with van der Waals surface area (Å²) in [4.78, 5) is 12.7. The molecule has 6 nitrogen and oxygen atoms in total. The molecule has 0 saturated carbocycles. The largest absolute Gasteiger partial charge is 0.495 e. The summed E-state index contributed by atoms with van der Waals surface area (Å²) in [7, 11) is 2.89. The molecular weight excluding hydrogens is 415 g/mol. The summed E-state index contributed by atoms with van der Waals surface area (Å²) in [5, 5.41) is 12.9. The molecule has 2 aromatic rings. The van der Waals surface area contributed by atoms with Gasteiger partial charge in [-0.3, -0.25) is 4.79 Å². The summed E-state index contributed by atoms with van der Waals surface area (Å²) in [6.07, 6.45) is 1.33. The van der Waals surface area contributed by atoms with E-state index in [-0.39, 0.29) is 11.7 Å². The summed E-state index contributed by atoms with van der Waals surface area (Å²) in [6, 6.07) is 9.91. The maximum absolute atomic E-state index is 12.7. The number of nitrogens with one attached hydrogen (secondary N) is 1. The molecular formula is C21H20Cl2N2O4. The van der Waals surface area contributed by atoms with Gasteiger partial charge in [-0.1, -0.05) is 23.2 Å². The first-order valence-electron chi connectivity index (χ1n) is 8.60. The van der Waals surface area contributed by atoms with Gasteiger partial charge in [0.1, 0.15) is 28.9 Å². The average Bonchev–Trinajstić information content (AvgIpc) is 2.68. The quantitative estimate of drug-likeness (QED) is 0.469. The van der Waals surface area contributed by atoms with E-state index in [0.717, 1.165) is 0 Å². The Morgan fingerprint density at radius 3 is 2.38 bits per heavy atom. The number of ether oxygens (including phenoxy) is 3. The third-order valence-corrected chi connectivity index (χ3v) is 4.25. The van der Waals surface area contributed by atoms with Crippen LogP contribution in [0.1, 0.15) is 19.4 Å². The standard InChI is InChI=1S/C21H20Cl2N2O4/c1-12(2)29-18-6-5-15(22)8-13(18)7-14(11-24)21(26)25-17-10-19(27-3)16(23)9-20(17)28-4/h5-10,12H,1-4H3,(H,25,26)/b14-7+. The van der Waals surface area contributed by atoms with Crippen LogP contribution in [0.4, 0.5) is 5.69 Å². The second-order valence-corrected chi connectivity index (χ2v) is 7.00. The number of carbonyl (C=O) groups excluding carboxylic acids is 1. The minimum absolute atomic E-state index is 0.0894. The van der Waals surface area contributed by atoms with Gasteiger partial charge in [0.05, 0.1) is 31.0 Å². The minimum atomic E-state index is -0.634. The van der Waals surface area contributed by atoms with Crippen LogP contribution in [0.15, 0.2) is 35.9 Å². The van der Waals surface area contributed by atoms with Gasteiger partial charge in [-0.15, -0.1) is 0 Å². The first-order chi connectivity index (χ1) is 13.8. The Balaban J connectivity index is 2.40. The van der Waals surface area contributed by atoms with E-state index < -0.39 is 5.91 Å². The molecule has 0 heterocycles. The van der Waals surface area contributed by atoms with Gasteiger partial charge >= 0.3 is 0 Å². The molecule has 0 unspecified atom stereocenters. The molecule has 8 heteroatoms. The highest BCUT2D eigenvalue weighted by Gasteiger charge is 2.16. The molecule has 152 valence electrons. The van der Waals surface area contributed by atoms with Gasteiger partial charge in [-0.25, -0.2) is 0 Å². The van der Waals surface area contributed by atoms with Gasteiger partial charge in [0, 0.05) is 22.7 Å². The molecule has 0 aliphatic heterocycles. The van der Waals surface area contributed by atoms with Gasteiger partial charge in [-0.2, -0.15) is 5.26 Å². The maximum Gasteiger partial charge on any atom is 0.266 e. The zero-order valence-corrected chi connectivity index (χ0v) is 17.9. The van der Waals surface area contributed by atoms with Crippen LogP contribution in [-0.2, 0) is 4.79 Å². The number of hydrogen-bond donors (Lipinski definition) is 1. The predicted molar refractivity (Wildman–Crippen MR) is 114 cm³/mol. The van der Waals surface area contributed by atoms with Crippen LogP contribution in [0.3, 0.4) is 0 Å². The lowest BCUT2D eigenvalue weighted by atomic mass is 10.1. The molecule has 0 aliphatic carbocycles. The number of benzene rings is 2. The summed E-state index contributed by atoms with van der Waals surface area (Å²) in [6.45, 7) is 3.75. The molecule has 2 rings (SSSR count). The molecule has 0 radical (unpaired) electrons. The minimum Gasteiger partial charge on any atom is -0.495 e. The van der Waals surface area contributed by atoms with E-state index in [9.17, 15) is 10.1 Å². The second-order valence-electron chi connectivity index (χ2n) is 6.16. The lowest BCUT2D eigenvalue weighted by Gasteiger charge is -2.14. The molecule has 0 aromatic heterocycles. The molecule has 0 saturated heterocycles. The Hall–Kier alpha value is -2.88. The number of anilines is 1. The molecule has 1 amide bonds. The number of hydrogen-bond acceptors (Lipinski definition) is 5. The van der Waals surface area contributed by atoms with E-state index in [0.29, 0.717) is 38.5 Å². The van der Waals surface area contributed by atoms with Crippen molar-refractivity contribution in [2.24, 2.45) is 0 Å². The van der Waals surface area contributed by atoms with Gasteiger partial charge in [-0.05, 0) is 38.1 Å². The number of carbonyl (C=O) groups is 1. The zero-order chi connectivity index (χ0) is 21.6. The Labute approximate surface area is 179 Å². The van der Waals surface area contributed by atoms with Crippen molar-refractivity contribution in [3.05, 3.63) is 51.5 Å². The van der Waals surface area contributed by atoms with E-state index in [1.807, 2.05) is 19.9 Å². The van der Waals surface area contributed by atoms with Crippen molar-refractivity contribution < 1.29 is 19.0 Å². The van der Waals surface area contributed by atoms with E-state index in [1.165, 1.54) is 32.4 Å². The van der Waals surface area contributed by atoms with E-state index >= 15 is 0 Å². The number of amides is 1. The van der Waals surface area contributed by atoms with Gasteiger partial charge in [0.2, 0.25) is 0 Å².